The predicted octanol–water partition coefficient (Wildman–Crippen LogP) is 5.24. The van der Waals surface area contributed by atoms with Crippen LogP contribution >= 0.6 is 11.8 Å². The van der Waals surface area contributed by atoms with Crippen molar-refractivity contribution in [3.63, 3.8) is 0 Å². The maximum atomic E-state index is 12.8. The number of amides is 1. The van der Waals surface area contributed by atoms with E-state index in [9.17, 15) is 4.79 Å². The molecule has 0 bridgehead atoms. The topological polar surface area (TPSA) is 54.9 Å². The van der Waals surface area contributed by atoms with Crippen molar-refractivity contribution < 1.29 is 4.79 Å². The summed E-state index contributed by atoms with van der Waals surface area (Å²) in [6.45, 7) is 3.99. The van der Waals surface area contributed by atoms with Crippen LogP contribution in [0, 0.1) is 13.8 Å². The zero-order chi connectivity index (χ0) is 21.3. The Labute approximate surface area is 183 Å². The fraction of sp³-hybridized carbons (Fsp3) is 0.320. The van der Waals surface area contributed by atoms with Crippen LogP contribution in [0.4, 0.5) is 0 Å². The maximum absolute atomic E-state index is 12.8. The summed E-state index contributed by atoms with van der Waals surface area (Å²) in [5.41, 5.74) is 5.42. The van der Waals surface area contributed by atoms with Gasteiger partial charge in [-0.3, -0.25) is 4.79 Å². The highest BCUT2D eigenvalue weighted by molar-refractivity contribution is 7.98. The molecule has 1 heterocycles. The minimum absolute atomic E-state index is 0.00350. The fourth-order valence-electron chi connectivity index (χ4n) is 3.63. The number of nitrogens with zero attached hydrogens (tertiary/aromatic N) is 2. The molecule has 0 aliphatic carbocycles. The van der Waals surface area contributed by atoms with E-state index in [-0.39, 0.29) is 11.9 Å². The Hall–Kier alpha value is -2.66. The first-order chi connectivity index (χ1) is 14.6. The number of benzene rings is 2. The fourth-order valence-corrected chi connectivity index (χ4v) is 4.09. The molecule has 1 unspecified atom stereocenters. The smallest absolute Gasteiger partial charge is 0.220 e. The standard InChI is InChI=1S/C25H29N3OS/c1-18-22(19(2)27-25(26-18)30-3)15-17-24(29)28-23(21-12-8-5-9-13-21)16-14-20-10-6-4-7-11-20/h4-13,23H,14-17H2,1-3H3,(H,28,29). The third-order valence-corrected chi connectivity index (χ3v) is 5.83. The molecule has 0 fully saturated rings. The molecule has 3 rings (SSSR count). The number of nitrogens with one attached hydrogen (secondary N) is 1. The van der Waals surface area contributed by atoms with Gasteiger partial charge in [0.05, 0.1) is 6.04 Å². The Balaban J connectivity index is 1.64. The van der Waals surface area contributed by atoms with Crippen LogP contribution < -0.4 is 5.32 Å². The zero-order valence-corrected chi connectivity index (χ0v) is 18.7. The molecule has 0 radical (unpaired) electrons. The van der Waals surface area contributed by atoms with Gasteiger partial charge in [0.15, 0.2) is 5.16 Å². The molecule has 4 nitrogen and oxygen atoms in total. The van der Waals surface area contributed by atoms with Gasteiger partial charge in [0.25, 0.3) is 0 Å². The quantitative estimate of drug-likeness (QED) is 0.381. The minimum atomic E-state index is -0.00350. The molecule has 0 aliphatic rings. The van der Waals surface area contributed by atoms with Gasteiger partial charge in [-0.1, -0.05) is 72.4 Å². The first-order valence-electron chi connectivity index (χ1n) is 10.3. The van der Waals surface area contributed by atoms with Crippen molar-refractivity contribution in [2.24, 2.45) is 0 Å². The Morgan fingerprint density at radius 3 is 2.13 bits per heavy atom. The summed E-state index contributed by atoms with van der Waals surface area (Å²) in [6, 6.07) is 20.6. The largest absolute Gasteiger partial charge is 0.349 e. The van der Waals surface area contributed by atoms with Gasteiger partial charge in [-0.2, -0.15) is 0 Å². The van der Waals surface area contributed by atoms with E-state index in [2.05, 4.69) is 51.7 Å². The molecule has 156 valence electrons. The number of thioether (sulfide) groups is 1. The van der Waals surface area contributed by atoms with Crippen LogP contribution in [-0.4, -0.2) is 22.1 Å². The Bertz CT molecular complexity index is 938. The van der Waals surface area contributed by atoms with Crippen molar-refractivity contribution in [2.75, 3.05) is 6.26 Å². The van der Waals surface area contributed by atoms with Crippen LogP contribution in [0.25, 0.3) is 0 Å². The molecule has 1 atom stereocenters. The molecule has 30 heavy (non-hydrogen) atoms. The average Bonchev–Trinajstić information content (AvgIpc) is 2.77. The first kappa shape index (κ1) is 22.0. The molecule has 0 saturated heterocycles. The molecule has 2 aromatic carbocycles. The lowest BCUT2D eigenvalue weighted by Gasteiger charge is -2.20. The monoisotopic (exact) mass is 419 g/mol. The highest BCUT2D eigenvalue weighted by Gasteiger charge is 2.16. The van der Waals surface area contributed by atoms with Gasteiger partial charge in [0.1, 0.15) is 0 Å². The molecule has 1 amide bonds. The van der Waals surface area contributed by atoms with Gasteiger partial charge < -0.3 is 5.32 Å². The SMILES string of the molecule is CSc1nc(C)c(CCC(=O)NC(CCc2ccccc2)c2ccccc2)c(C)n1. The molecular weight excluding hydrogens is 390 g/mol. The maximum Gasteiger partial charge on any atom is 0.220 e. The van der Waals surface area contributed by atoms with Crippen LogP contribution in [0.1, 0.15) is 47.0 Å². The second kappa shape index (κ2) is 10.9. The molecule has 0 aliphatic heterocycles. The molecule has 5 heteroatoms. The molecule has 0 spiro atoms. The number of aryl methyl sites for hydroxylation is 3. The number of carbonyl (C=O) groups excluding carboxylic acids is 1. The van der Waals surface area contributed by atoms with Gasteiger partial charge in [0, 0.05) is 17.8 Å². The number of hydrogen-bond donors (Lipinski definition) is 1. The van der Waals surface area contributed by atoms with E-state index in [0.717, 1.165) is 40.5 Å². The lowest BCUT2D eigenvalue weighted by Crippen LogP contribution is -2.29. The van der Waals surface area contributed by atoms with E-state index in [1.54, 1.807) is 0 Å². The summed E-state index contributed by atoms with van der Waals surface area (Å²) < 4.78 is 0. The third kappa shape index (κ3) is 6.17. The molecular formula is C25H29N3OS. The third-order valence-electron chi connectivity index (χ3n) is 5.29. The normalized spacial score (nSPS) is 11.8. The van der Waals surface area contributed by atoms with Crippen LogP contribution in [-0.2, 0) is 17.6 Å². The van der Waals surface area contributed by atoms with Gasteiger partial charge in [-0.25, -0.2) is 9.97 Å². The predicted molar refractivity (Wildman–Crippen MR) is 124 cm³/mol. The van der Waals surface area contributed by atoms with E-state index >= 15 is 0 Å². The first-order valence-corrected chi connectivity index (χ1v) is 11.6. The summed E-state index contributed by atoms with van der Waals surface area (Å²) in [4.78, 5) is 21.8. The van der Waals surface area contributed by atoms with E-state index in [1.807, 2.05) is 44.4 Å². The summed E-state index contributed by atoms with van der Waals surface area (Å²) in [7, 11) is 0. The highest BCUT2D eigenvalue weighted by Crippen LogP contribution is 2.21. The minimum Gasteiger partial charge on any atom is -0.349 e. The Kier molecular flexibility index (Phi) is 8.03. The van der Waals surface area contributed by atoms with E-state index in [4.69, 9.17) is 0 Å². The van der Waals surface area contributed by atoms with Crippen LogP contribution in [0.5, 0.6) is 0 Å². The second-order valence-corrected chi connectivity index (χ2v) is 8.19. The van der Waals surface area contributed by atoms with E-state index in [0.29, 0.717) is 12.8 Å². The average molecular weight is 420 g/mol. The van der Waals surface area contributed by atoms with Gasteiger partial charge >= 0.3 is 0 Å². The van der Waals surface area contributed by atoms with Crippen molar-refractivity contribution in [1.82, 2.24) is 15.3 Å². The van der Waals surface area contributed by atoms with Crippen molar-refractivity contribution in [3.05, 3.63) is 88.7 Å². The molecule has 1 N–H and O–H groups in total. The van der Waals surface area contributed by atoms with Crippen molar-refractivity contribution in [1.29, 1.82) is 0 Å². The Morgan fingerprint density at radius 1 is 0.933 bits per heavy atom. The number of aromatic nitrogens is 2. The van der Waals surface area contributed by atoms with Crippen molar-refractivity contribution in [3.8, 4) is 0 Å². The number of carbonyl (C=O) groups is 1. The Morgan fingerprint density at radius 2 is 1.53 bits per heavy atom. The highest BCUT2D eigenvalue weighted by atomic mass is 32.2. The summed E-state index contributed by atoms with van der Waals surface area (Å²) in [5, 5.41) is 4.03. The molecule has 1 aromatic heterocycles. The van der Waals surface area contributed by atoms with Gasteiger partial charge in [0.2, 0.25) is 5.91 Å². The zero-order valence-electron chi connectivity index (χ0n) is 17.9. The number of hydrogen-bond acceptors (Lipinski definition) is 4. The van der Waals surface area contributed by atoms with Crippen molar-refractivity contribution in [2.45, 2.75) is 50.7 Å². The van der Waals surface area contributed by atoms with Crippen LogP contribution in [0.3, 0.4) is 0 Å². The van der Waals surface area contributed by atoms with Gasteiger partial charge in [-0.05, 0) is 56.1 Å². The number of rotatable bonds is 9. The summed E-state index contributed by atoms with van der Waals surface area (Å²) >= 11 is 1.54. The van der Waals surface area contributed by atoms with Gasteiger partial charge in [-0.15, -0.1) is 0 Å². The summed E-state index contributed by atoms with van der Waals surface area (Å²) in [5.74, 6) is 0.0599. The van der Waals surface area contributed by atoms with Crippen LogP contribution in [0.15, 0.2) is 65.8 Å². The molecule has 0 saturated carbocycles. The van der Waals surface area contributed by atoms with Crippen LogP contribution in [0.2, 0.25) is 0 Å². The van der Waals surface area contributed by atoms with Crippen molar-refractivity contribution >= 4 is 17.7 Å². The second-order valence-electron chi connectivity index (χ2n) is 7.41. The lowest BCUT2D eigenvalue weighted by atomic mass is 9.98. The summed E-state index contributed by atoms with van der Waals surface area (Å²) in [6.07, 6.45) is 4.84. The molecule has 3 aromatic rings. The lowest BCUT2D eigenvalue weighted by molar-refractivity contribution is -0.121. The van der Waals surface area contributed by atoms with E-state index < -0.39 is 0 Å². The van der Waals surface area contributed by atoms with E-state index in [1.165, 1.54) is 17.3 Å².